The van der Waals surface area contributed by atoms with Gasteiger partial charge in [-0.15, -0.1) is 39.3 Å². The number of nitrogens with zero attached hydrogens (tertiary/aromatic N) is 3. The second-order valence-electron chi connectivity index (χ2n) is 10.2. The Hall–Kier alpha value is -4.97. The van der Waals surface area contributed by atoms with E-state index in [0.717, 1.165) is 27.8 Å². The van der Waals surface area contributed by atoms with Gasteiger partial charge < -0.3 is 14.7 Å². The van der Waals surface area contributed by atoms with E-state index in [2.05, 4.69) is 28.4 Å². The van der Waals surface area contributed by atoms with Crippen LogP contribution in [0.5, 0.6) is 5.75 Å². The third-order valence-electron chi connectivity index (χ3n) is 6.88. The van der Waals surface area contributed by atoms with Gasteiger partial charge in [0.15, 0.2) is 5.75 Å². The van der Waals surface area contributed by atoms with Gasteiger partial charge >= 0.3 is 26.2 Å². The molecule has 6 nitrogen and oxygen atoms in total. The van der Waals surface area contributed by atoms with E-state index in [1.807, 2.05) is 73.7 Å². The average Bonchev–Trinajstić information content (AvgIpc) is 3.54. The number of benzene rings is 6. The second-order valence-corrected chi connectivity index (χ2v) is 10.6. The maximum atomic E-state index is 11.2. The van der Waals surface area contributed by atoms with Crippen molar-refractivity contribution < 1.29 is 40.9 Å². The number of hydrogen-bond donors (Lipinski definition) is 1. The molecule has 0 spiro atoms. The molecule has 7 rings (SSSR count). The summed E-state index contributed by atoms with van der Waals surface area (Å²) in [7, 11) is 0. The van der Waals surface area contributed by atoms with Crippen LogP contribution in [0.25, 0.3) is 39.0 Å². The number of aryl methyl sites for hydroxylation is 1. The third-order valence-corrected chi connectivity index (χ3v) is 7.11. The zero-order chi connectivity index (χ0) is 32.3. The Balaban J connectivity index is 0.000000241. The summed E-state index contributed by atoms with van der Waals surface area (Å²) in [5, 5.41) is 20.9. The Morgan fingerprint density at radius 2 is 1.11 bits per heavy atom. The number of phenols is 1. The maximum absolute atomic E-state index is 11.2. The van der Waals surface area contributed by atoms with Gasteiger partial charge in [0.05, 0.1) is 12.6 Å². The molecule has 1 heterocycles. The predicted octanol–water partition coefficient (Wildman–Crippen LogP) is 8.71. The van der Waals surface area contributed by atoms with Crippen molar-refractivity contribution in [3.8, 4) is 33.7 Å². The summed E-state index contributed by atoms with van der Waals surface area (Å²) in [6.45, 7) is 2.00. The Morgan fingerprint density at radius 3 is 1.66 bits per heavy atom. The number of aromatic nitrogens is 3. The summed E-state index contributed by atoms with van der Waals surface area (Å²) < 4.78 is 0. The van der Waals surface area contributed by atoms with Crippen LogP contribution in [0.15, 0.2) is 146 Å². The van der Waals surface area contributed by atoms with Crippen molar-refractivity contribution in [2.45, 2.75) is 6.92 Å². The van der Waals surface area contributed by atoms with E-state index < -0.39 is 0 Å². The van der Waals surface area contributed by atoms with Crippen molar-refractivity contribution in [3.05, 3.63) is 167 Å². The van der Waals surface area contributed by atoms with Crippen molar-refractivity contribution in [3.63, 3.8) is 0 Å². The van der Waals surface area contributed by atoms with Gasteiger partial charge in [-0.25, -0.2) is 0 Å². The van der Waals surface area contributed by atoms with Crippen molar-refractivity contribution in [2.24, 2.45) is 0 Å². The first-order valence-electron chi connectivity index (χ1n) is 14.3. The molecule has 0 fully saturated rings. The number of halogens is 1. The summed E-state index contributed by atoms with van der Waals surface area (Å²) in [5.74, 6) is 0.135. The minimum Gasteiger partial charge on any atom is -0.505 e. The van der Waals surface area contributed by atoms with Gasteiger partial charge in [0.25, 0.3) is 0 Å². The van der Waals surface area contributed by atoms with Crippen LogP contribution < -0.4 is 0 Å². The monoisotopic (exact) mass is 711 g/mol. The maximum Gasteiger partial charge on any atom is 2.00 e. The number of rotatable bonds is 5. The van der Waals surface area contributed by atoms with E-state index in [4.69, 9.17) is 11.6 Å². The fourth-order valence-electron chi connectivity index (χ4n) is 4.71. The molecule has 0 atom stereocenters. The summed E-state index contributed by atoms with van der Waals surface area (Å²) in [4.78, 5) is 21.2. The Labute approximate surface area is 297 Å². The van der Waals surface area contributed by atoms with Crippen LogP contribution in [-0.2, 0) is 35.8 Å². The van der Waals surface area contributed by atoms with Gasteiger partial charge in [-0.05, 0) is 59.5 Å². The molecule has 0 aliphatic heterocycles. The molecule has 7 aromatic rings. The van der Waals surface area contributed by atoms with E-state index in [-0.39, 0.29) is 32.0 Å². The van der Waals surface area contributed by atoms with E-state index in [1.165, 1.54) is 4.80 Å². The molecule has 0 amide bonds. The fourth-order valence-corrected chi connectivity index (χ4v) is 4.88. The van der Waals surface area contributed by atoms with E-state index >= 15 is 0 Å². The summed E-state index contributed by atoms with van der Waals surface area (Å²) >= 11 is 6.08. The molecule has 1 aromatic heterocycles. The van der Waals surface area contributed by atoms with Gasteiger partial charge in [0.2, 0.25) is 0 Å². The normalized spacial score (nSPS) is 10.0. The van der Waals surface area contributed by atoms with Crippen LogP contribution in [0.3, 0.4) is 0 Å². The average molecular weight is 713 g/mol. The van der Waals surface area contributed by atoms with Gasteiger partial charge in [-0.1, -0.05) is 78.3 Å². The first-order valence-corrected chi connectivity index (χ1v) is 14.7. The minimum atomic E-state index is 0. The quantitative estimate of drug-likeness (QED) is 0.181. The van der Waals surface area contributed by atoms with E-state index in [9.17, 15) is 14.7 Å². The van der Waals surface area contributed by atoms with Crippen molar-refractivity contribution in [1.29, 1.82) is 0 Å². The number of aromatic hydroxyl groups is 1. The Kier molecular flexibility index (Phi) is 12.7. The molecule has 228 valence electrons. The molecular weight excluding hydrogens is 685 g/mol. The molecule has 0 saturated carbocycles. The Morgan fingerprint density at radius 1 is 0.596 bits per heavy atom. The van der Waals surface area contributed by atoms with E-state index in [0.29, 0.717) is 32.9 Å². The first-order chi connectivity index (χ1) is 22.5. The Bertz CT molecular complexity index is 2030. The van der Waals surface area contributed by atoms with Gasteiger partial charge in [-0.3, -0.25) is 0 Å². The molecule has 8 heteroatoms. The van der Waals surface area contributed by atoms with Crippen LogP contribution in [0, 0.1) is 6.92 Å². The van der Waals surface area contributed by atoms with Gasteiger partial charge in [0, 0.05) is 10.6 Å². The smallest absolute Gasteiger partial charge is 0.505 e. The number of hydrogen-bond acceptors (Lipinski definition) is 5. The zero-order valence-corrected chi connectivity index (χ0v) is 28.6. The summed E-state index contributed by atoms with van der Waals surface area (Å²) in [6, 6.07) is 45.3. The predicted molar refractivity (Wildman–Crippen MR) is 184 cm³/mol. The molecule has 6 aromatic carbocycles. The number of phenolic OH excluding ortho intramolecular Hbond substituents is 1. The first kappa shape index (κ1) is 34.9. The third kappa shape index (κ3) is 9.07. The molecule has 0 aliphatic rings. The molecule has 47 heavy (non-hydrogen) atoms. The molecular formula is C39H28ClN3O3Zr. The van der Waals surface area contributed by atoms with Crippen molar-refractivity contribution in [1.82, 2.24) is 15.0 Å². The standard InChI is InChI=1S/C25H18ClN3O.2C7H5O.Zr/c1-16-13-21(20-10-6-5-9-19(20)17-7-3-2-4-8-17)25(30)24(14-16)29-27-22-12-11-18(26)15-23(22)28-29;2*8-6-7-4-2-1-3-5-7;/h2-15,30H,1H3;2*1-5H;/q;2*-1;+2. The summed E-state index contributed by atoms with van der Waals surface area (Å²) in [5.41, 5.74) is 7.96. The second kappa shape index (κ2) is 17.1. The van der Waals surface area contributed by atoms with Crippen LogP contribution in [0.2, 0.25) is 5.02 Å². The minimum absolute atomic E-state index is 0. The fraction of sp³-hybridized carbons (Fsp3) is 0.0256. The van der Waals surface area contributed by atoms with Crippen LogP contribution in [0.1, 0.15) is 16.7 Å². The summed E-state index contributed by atoms with van der Waals surface area (Å²) in [6.07, 6.45) is 3.55. The van der Waals surface area contributed by atoms with Gasteiger partial charge in [0.1, 0.15) is 16.7 Å². The number of carbonyl (C=O) groups excluding carboxylic acids is 2. The molecule has 0 bridgehead atoms. The molecule has 1 N–H and O–H groups in total. The van der Waals surface area contributed by atoms with Crippen LogP contribution >= 0.6 is 11.6 Å². The van der Waals surface area contributed by atoms with Gasteiger partial charge in [-0.2, -0.15) is 35.4 Å². The topological polar surface area (TPSA) is 85.1 Å². The SMILES string of the molecule is Cc1cc(-c2ccccc2-c2ccccc2)c(O)c(-n2nc3ccc(Cl)cc3n2)c1.O=[C-]c1ccccc1.O=[C-]c1ccccc1.[Zr+2]. The molecule has 0 aliphatic carbocycles. The zero-order valence-electron chi connectivity index (χ0n) is 25.3. The molecule has 0 saturated heterocycles. The van der Waals surface area contributed by atoms with Crippen LogP contribution in [0.4, 0.5) is 0 Å². The largest absolute Gasteiger partial charge is 2.00 e. The molecule has 0 unspecified atom stereocenters. The number of fused-ring (bicyclic) bond motifs is 1. The van der Waals surface area contributed by atoms with Crippen molar-refractivity contribution >= 4 is 35.2 Å². The van der Waals surface area contributed by atoms with Crippen LogP contribution in [-0.4, -0.2) is 32.7 Å². The molecule has 0 radical (unpaired) electrons. The van der Waals surface area contributed by atoms with Crippen molar-refractivity contribution in [2.75, 3.05) is 0 Å². The van der Waals surface area contributed by atoms with E-state index in [1.54, 1.807) is 73.2 Å².